The zero-order valence-corrected chi connectivity index (χ0v) is 14.7. The van der Waals surface area contributed by atoms with E-state index in [0.29, 0.717) is 12.5 Å². The van der Waals surface area contributed by atoms with Crippen LogP contribution in [0.1, 0.15) is 37.3 Å². The van der Waals surface area contributed by atoms with Crippen molar-refractivity contribution in [2.24, 2.45) is 10.7 Å². The van der Waals surface area contributed by atoms with Crippen LogP contribution in [0, 0.1) is 0 Å². The zero-order valence-electron chi connectivity index (χ0n) is 14.7. The minimum atomic E-state index is 0.422. The van der Waals surface area contributed by atoms with Gasteiger partial charge in [-0.05, 0) is 43.5 Å². The highest BCUT2D eigenvalue weighted by Gasteiger charge is 2.13. The third-order valence-electron chi connectivity index (χ3n) is 4.39. The minimum Gasteiger partial charge on any atom is -0.497 e. The Kier molecular flexibility index (Phi) is 5.87. The normalized spacial score (nSPS) is 14.7. The van der Waals surface area contributed by atoms with Crippen LogP contribution in [0.5, 0.6) is 5.75 Å². The molecule has 0 atom stereocenters. The van der Waals surface area contributed by atoms with Crippen molar-refractivity contribution in [3.05, 3.63) is 35.9 Å². The average molecular weight is 342 g/mol. The van der Waals surface area contributed by atoms with E-state index in [1.807, 2.05) is 24.3 Å². The fraction of sp³-hybridized carbons (Fsp3) is 0.500. The predicted octanol–water partition coefficient (Wildman–Crippen LogP) is 2.37. The van der Waals surface area contributed by atoms with Gasteiger partial charge in [0.05, 0.1) is 7.11 Å². The Morgan fingerprint density at radius 2 is 2.08 bits per heavy atom. The van der Waals surface area contributed by atoms with Gasteiger partial charge in [-0.25, -0.2) is 0 Å². The summed E-state index contributed by atoms with van der Waals surface area (Å²) in [7, 11) is 1.65. The van der Waals surface area contributed by atoms with Crippen molar-refractivity contribution < 1.29 is 4.74 Å². The SMILES string of the molecule is COc1ccc(NC(N)=NCCCc2nnc3n2CCCCC3)cc1. The summed E-state index contributed by atoms with van der Waals surface area (Å²) in [6, 6.07) is 7.58. The van der Waals surface area contributed by atoms with E-state index in [9.17, 15) is 0 Å². The van der Waals surface area contributed by atoms with Crippen LogP contribution in [0.3, 0.4) is 0 Å². The molecule has 0 fully saturated rings. The number of nitrogens with one attached hydrogen (secondary N) is 1. The lowest BCUT2D eigenvalue weighted by atomic mass is 10.2. The number of aliphatic imine (C=N–C) groups is 1. The van der Waals surface area contributed by atoms with Crippen molar-refractivity contribution in [3.63, 3.8) is 0 Å². The Hall–Kier alpha value is -2.57. The summed E-state index contributed by atoms with van der Waals surface area (Å²) in [6.07, 6.45) is 6.55. The van der Waals surface area contributed by atoms with Gasteiger partial charge in [0.2, 0.25) is 0 Å². The fourth-order valence-corrected chi connectivity index (χ4v) is 3.03. The molecule has 0 radical (unpaired) electrons. The van der Waals surface area contributed by atoms with E-state index in [-0.39, 0.29) is 0 Å². The van der Waals surface area contributed by atoms with Gasteiger partial charge >= 0.3 is 0 Å². The number of rotatable bonds is 6. The van der Waals surface area contributed by atoms with Gasteiger partial charge in [-0.3, -0.25) is 4.99 Å². The summed E-state index contributed by atoms with van der Waals surface area (Å²) < 4.78 is 7.42. The van der Waals surface area contributed by atoms with Crippen LogP contribution in [0.2, 0.25) is 0 Å². The number of aromatic nitrogens is 3. The Morgan fingerprint density at radius 3 is 2.88 bits per heavy atom. The fourth-order valence-electron chi connectivity index (χ4n) is 3.03. The van der Waals surface area contributed by atoms with Gasteiger partial charge in [-0.15, -0.1) is 10.2 Å². The van der Waals surface area contributed by atoms with E-state index in [4.69, 9.17) is 10.5 Å². The number of methoxy groups -OCH3 is 1. The minimum absolute atomic E-state index is 0.422. The van der Waals surface area contributed by atoms with Crippen molar-refractivity contribution in [2.75, 3.05) is 19.0 Å². The summed E-state index contributed by atoms with van der Waals surface area (Å²) >= 11 is 0. The van der Waals surface area contributed by atoms with Crippen molar-refractivity contribution in [1.82, 2.24) is 14.8 Å². The van der Waals surface area contributed by atoms with Crippen LogP contribution in [0.4, 0.5) is 5.69 Å². The topological polar surface area (TPSA) is 90.3 Å². The molecular formula is C18H26N6O. The number of hydrogen-bond donors (Lipinski definition) is 2. The first kappa shape index (κ1) is 17.3. The molecule has 0 saturated heterocycles. The highest BCUT2D eigenvalue weighted by molar-refractivity contribution is 5.92. The largest absolute Gasteiger partial charge is 0.497 e. The highest BCUT2D eigenvalue weighted by atomic mass is 16.5. The Labute approximate surface area is 148 Å². The lowest BCUT2D eigenvalue weighted by Crippen LogP contribution is -2.22. The summed E-state index contributed by atoms with van der Waals surface area (Å²) in [5.74, 6) is 3.45. The third kappa shape index (κ3) is 4.71. The van der Waals surface area contributed by atoms with Gasteiger partial charge in [0, 0.05) is 31.6 Å². The first-order chi connectivity index (χ1) is 12.3. The first-order valence-electron chi connectivity index (χ1n) is 8.88. The molecular weight excluding hydrogens is 316 g/mol. The van der Waals surface area contributed by atoms with E-state index in [0.717, 1.165) is 48.9 Å². The Bertz CT molecular complexity index is 707. The molecule has 1 aromatic heterocycles. The van der Waals surface area contributed by atoms with Gasteiger partial charge in [0.15, 0.2) is 5.96 Å². The van der Waals surface area contributed by atoms with Crippen LogP contribution in [0.25, 0.3) is 0 Å². The highest BCUT2D eigenvalue weighted by Crippen LogP contribution is 2.16. The van der Waals surface area contributed by atoms with Crippen LogP contribution in [-0.4, -0.2) is 34.4 Å². The van der Waals surface area contributed by atoms with Crippen molar-refractivity contribution in [3.8, 4) is 5.75 Å². The van der Waals surface area contributed by atoms with Crippen molar-refractivity contribution >= 4 is 11.6 Å². The molecule has 1 aliphatic rings. The van der Waals surface area contributed by atoms with Gasteiger partial charge in [0.1, 0.15) is 17.4 Å². The molecule has 1 aliphatic heterocycles. The first-order valence-corrected chi connectivity index (χ1v) is 8.88. The molecule has 134 valence electrons. The molecule has 0 saturated carbocycles. The number of aryl methyl sites for hydroxylation is 2. The summed E-state index contributed by atoms with van der Waals surface area (Å²) in [6.45, 7) is 1.71. The van der Waals surface area contributed by atoms with E-state index in [1.165, 1.54) is 19.3 Å². The summed E-state index contributed by atoms with van der Waals surface area (Å²) in [5.41, 5.74) is 6.84. The van der Waals surface area contributed by atoms with Gasteiger partial charge < -0.3 is 20.4 Å². The molecule has 1 aromatic carbocycles. The number of benzene rings is 1. The average Bonchev–Trinajstić information content (AvgIpc) is 2.86. The van der Waals surface area contributed by atoms with Gasteiger partial charge in [-0.1, -0.05) is 6.42 Å². The lowest BCUT2D eigenvalue weighted by Gasteiger charge is -2.07. The van der Waals surface area contributed by atoms with Crippen molar-refractivity contribution in [2.45, 2.75) is 45.1 Å². The number of guanidine groups is 1. The Morgan fingerprint density at radius 1 is 1.24 bits per heavy atom. The molecule has 0 bridgehead atoms. The second-order valence-corrected chi connectivity index (χ2v) is 6.22. The number of anilines is 1. The molecule has 0 amide bonds. The maximum atomic E-state index is 5.94. The molecule has 0 aliphatic carbocycles. The maximum Gasteiger partial charge on any atom is 0.193 e. The summed E-state index contributed by atoms with van der Waals surface area (Å²) in [4.78, 5) is 4.39. The summed E-state index contributed by atoms with van der Waals surface area (Å²) in [5, 5.41) is 11.8. The number of fused-ring (bicyclic) bond motifs is 1. The quantitative estimate of drug-likeness (QED) is 0.478. The van der Waals surface area contributed by atoms with E-state index < -0.39 is 0 Å². The van der Waals surface area contributed by atoms with Gasteiger partial charge in [-0.2, -0.15) is 0 Å². The standard InChI is InChI=1S/C18H26N6O/c1-25-15-10-8-14(9-11-15)21-18(19)20-12-5-7-17-23-22-16-6-3-2-4-13-24(16)17/h8-11H,2-7,12-13H2,1H3,(H3,19,20,21). The monoisotopic (exact) mass is 342 g/mol. The maximum absolute atomic E-state index is 5.94. The second-order valence-electron chi connectivity index (χ2n) is 6.22. The van der Waals surface area contributed by atoms with Crippen LogP contribution >= 0.6 is 0 Å². The number of hydrogen-bond acceptors (Lipinski definition) is 4. The van der Waals surface area contributed by atoms with Crippen LogP contribution in [0.15, 0.2) is 29.3 Å². The molecule has 7 heteroatoms. The molecule has 7 nitrogen and oxygen atoms in total. The number of ether oxygens (including phenoxy) is 1. The molecule has 0 spiro atoms. The van der Waals surface area contributed by atoms with E-state index in [1.54, 1.807) is 7.11 Å². The zero-order chi connectivity index (χ0) is 17.5. The third-order valence-corrected chi connectivity index (χ3v) is 4.39. The van der Waals surface area contributed by atoms with Crippen LogP contribution in [-0.2, 0) is 19.4 Å². The number of nitrogens with zero attached hydrogens (tertiary/aromatic N) is 4. The molecule has 2 heterocycles. The van der Waals surface area contributed by atoms with Crippen molar-refractivity contribution in [1.29, 1.82) is 0 Å². The van der Waals surface area contributed by atoms with E-state index >= 15 is 0 Å². The predicted molar refractivity (Wildman–Crippen MR) is 99.0 cm³/mol. The molecule has 3 N–H and O–H groups in total. The second kappa shape index (κ2) is 8.50. The molecule has 0 unspecified atom stereocenters. The van der Waals surface area contributed by atoms with Gasteiger partial charge in [0.25, 0.3) is 0 Å². The number of nitrogens with two attached hydrogens (primary N) is 1. The lowest BCUT2D eigenvalue weighted by molar-refractivity contribution is 0.415. The molecule has 2 aromatic rings. The van der Waals surface area contributed by atoms with E-state index in [2.05, 4.69) is 25.1 Å². The smallest absolute Gasteiger partial charge is 0.193 e. The molecule has 25 heavy (non-hydrogen) atoms. The molecule has 3 rings (SSSR count). The Balaban J connectivity index is 1.47. The van der Waals surface area contributed by atoms with Crippen LogP contribution < -0.4 is 15.8 Å².